The van der Waals surface area contributed by atoms with E-state index in [1.165, 1.54) is 16.7 Å². The van der Waals surface area contributed by atoms with Gasteiger partial charge in [-0.05, 0) is 48.1 Å². The van der Waals surface area contributed by atoms with E-state index in [1.807, 2.05) is 6.07 Å². The van der Waals surface area contributed by atoms with E-state index in [0.717, 1.165) is 25.0 Å². The molecule has 1 aliphatic carbocycles. The molecule has 1 unspecified atom stereocenters. The predicted octanol–water partition coefficient (Wildman–Crippen LogP) is 2.71. The molecule has 2 rings (SSSR count). The highest BCUT2D eigenvalue weighted by Crippen LogP contribution is 2.31. The highest BCUT2D eigenvalue weighted by Gasteiger charge is 2.13. The number of hydrogen-bond donors (Lipinski definition) is 1. The first-order valence-corrected chi connectivity index (χ1v) is 6.61. The quantitative estimate of drug-likeness (QED) is 0.848. The Balaban J connectivity index is 2.13. The van der Waals surface area contributed by atoms with Gasteiger partial charge in [0.2, 0.25) is 5.91 Å². The van der Waals surface area contributed by atoms with Crippen LogP contribution in [0.1, 0.15) is 30.9 Å². The lowest BCUT2D eigenvalue weighted by atomic mass is 9.89. The molecule has 1 atom stereocenters. The van der Waals surface area contributed by atoms with Gasteiger partial charge >= 0.3 is 0 Å². The normalized spacial score (nSPS) is 13.6. The average Bonchev–Trinajstić information content (AvgIpc) is 2.38. The zero-order valence-corrected chi connectivity index (χ0v) is 11.7. The summed E-state index contributed by atoms with van der Waals surface area (Å²) in [6.07, 6.45) is 5.28. The van der Waals surface area contributed by atoms with E-state index in [1.54, 1.807) is 6.92 Å². The lowest BCUT2D eigenvalue weighted by Crippen LogP contribution is -2.21. The average molecular weight is 263 g/mol. The third-order valence-electron chi connectivity index (χ3n) is 3.14. The molecular formula is C14H18NO2P. The molecular weight excluding hydrogens is 245 g/mol. The van der Waals surface area contributed by atoms with Gasteiger partial charge in [-0.3, -0.25) is 4.79 Å². The smallest absolute Gasteiger partial charge is 0.216 e. The standard InChI is InChI=1S/C14H18NO2P/c1-10(16)15-8-7-12-4-2-3-11-5-6-13(17-18)9-14(11)12/h4-6,9H,2-3,7-8,18H2,1H3,(H,15,16). The SMILES string of the molecule is CC(=O)NCCC1=CCCc2ccc(OP)cc21. The van der Waals surface area contributed by atoms with Crippen LogP contribution in [-0.2, 0) is 11.2 Å². The van der Waals surface area contributed by atoms with Crippen molar-refractivity contribution in [3.63, 3.8) is 0 Å². The summed E-state index contributed by atoms with van der Waals surface area (Å²) in [5.41, 5.74) is 3.92. The molecule has 1 aromatic carbocycles. The Morgan fingerprint density at radius 3 is 3.06 bits per heavy atom. The molecule has 0 aromatic heterocycles. The minimum absolute atomic E-state index is 0.0219. The molecule has 3 nitrogen and oxygen atoms in total. The molecule has 1 amide bonds. The van der Waals surface area contributed by atoms with Crippen molar-refractivity contribution in [2.24, 2.45) is 0 Å². The fourth-order valence-electron chi connectivity index (χ4n) is 2.27. The van der Waals surface area contributed by atoms with Crippen molar-refractivity contribution >= 4 is 20.9 Å². The topological polar surface area (TPSA) is 38.3 Å². The first-order chi connectivity index (χ1) is 8.70. The highest BCUT2D eigenvalue weighted by molar-refractivity contribution is 7.10. The summed E-state index contributed by atoms with van der Waals surface area (Å²) in [5.74, 6) is 0.875. The summed E-state index contributed by atoms with van der Waals surface area (Å²) < 4.78 is 5.19. The van der Waals surface area contributed by atoms with E-state index >= 15 is 0 Å². The van der Waals surface area contributed by atoms with Gasteiger partial charge < -0.3 is 9.84 Å². The van der Waals surface area contributed by atoms with E-state index in [2.05, 4.69) is 33.0 Å². The number of benzene rings is 1. The largest absolute Gasteiger partial charge is 0.480 e. The Kier molecular flexibility index (Phi) is 4.38. The Bertz CT molecular complexity index is 483. The second-order valence-corrected chi connectivity index (χ2v) is 4.67. The van der Waals surface area contributed by atoms with Crippen LogP contribution >= 0.6 is 9.47 Å². The van der Waals surface area contributed by atoms with Crippen molar-refractivity contribution < 1.29 is 9.32 Å². The number of nitrogens with one attached hydrogen (secondary N) is 1. The predicted molar refractivity (Wildman–Crippen MR) is 76.4 cm³/mol. The third kappa shape index (κ3) is 3.11. The second-order valence-electron chi connectivity index (χ2n) is 4.44. The van der Waals surface area contributed by atoms with E-state index in [9.17, 15) is 4.79 Å². The van der Waals surface area contributed by atoms with Gasteiger partial charge in [-0.2, -0.15) is 0 Å². The lowest BCUT2D eigenvalue weighted by molar-refractivity contribution is -0.118. The molecule has 0 spiro atoms. The van der Waals surface area contributed by atoms with Crippen LogP contribution in [-0.4, -0.2) is 12.5 Å². The Hall–Kier alpha value is -1.34. The van der Waals surface area contributed by atoms with Crippen molar-refractivity contribution in [2.45, 2.75) is 26.2 Å². The molecule has 0 fully saturated rings. The number of fused-ring (bicyclic) bond motifs is 1. The van der Waals surface area contributed by atoms with Crippen LogP contribution in [0.3, 0.4) is 0 Å². The molecule has 0 aliphatic heterocycles. The molecule has 0 saturated heterocycles. The Labute approximate surface area is 110 Å². The number of hydrogen-bond acceptors (Lipinski definition) is 2. The van der Waals surface area contributed by atoms with Gasteiger partial charge in [0, 0.05) is 13.5 Å². The van der Waals surface area contributed by atoms with Crippen molar-refractivity contribution in [3.8, 4) is 5.75 Å². The summed E-state index contributed by atoms with van der Waals surface area (Å²) in [4.78, 5) is 10.9. The summed E-state index contributed by atoms with van der Waals surface area (Å²) in [7, 11) is 2.27. The molecule has 1 aromatic rings. The summed E-state index contributed by atoms with van der Waals surface area (Å²) in [6, 6.07) is 6.18. The maximum Gasteiger partial charge on any atom is 0.216 e. The summed E-state index contributed by atoms with van der Waals surface area (Å²) in [6.45, 7) is 2.23. The summed E-state index contributed by atoms with van der Waals surface area (Å²) >= 11 is 0. The number of carbonyl (C=O) groups excluding carboxylic acids is 1. The van der Waals surface area contributed by atoms with Crippen LogP contribution in [0, 0.1) is 0 Å². The van der Waals surface area contributed by atoms with Gasteiger partial charge in [0.05, 0.1) is 9.47 Å². The van der Waals surface area contributed by atoms with Crippen LogP contribution < -0.4 is 9.84 Å². The first-order valence-electron chi connectivity index (χ1n) is 6.14. The van der Waals surface area contributed by atoms with Crippen LogP contribution in [0.25, 0.3) is 5.57 Å². The number of carbonyl (C=O) groups is 1. The van der Waals surface area contributed by atoms with Gasteiger partial charge in [-0.15, -0.1) is 0 Å². The molecule has 0 radical (unpaired) electrons. The van der Waals surface area contributed by atoms with Crippen molar-refractivity contribution in [3.05, 3.63) is 35.4 Å². The number of aryl methyl sites for hydroxylation is 1. The van der Waals surface area contributed by atoms with Gasteiger partial charge in [0.15, 0.2) is 0 Å². The van der Waals surface area contributed by atoms with Crippen molar-refractivity contribution in [1.82, 2.24) is 5.32 Å². The molecule has 0 heterocycles. The lowest BCUT2D eigenvalue weighted by Gasteiger charge is -2.18. The van der Waals surface area contributed by atoms with Crippen LogP contribution in [0.4, 0.5) is 0 Å². The number of rotatable bonds is 4. The number of allylic oxidation sites excluding steroid dienone is 1. The van der Waals surface area contributed by atoms with Crippen LogP contribution in [0.15, 0.2) is 24.3 Å². The fourth-order valence-corrected chi connectivity index (χ4v) is 2.41. The molecule has 1 aliphatic rings. The molecule has 96 valence electrons. The summed E-state index contributed by atoms with van der Waals surface area (Å²) in [5, 5.41) is 2.84. The van der Waals surface area contributed by atoms with Gasteiger partial charge in [0.25, 0.3) is 0 Å². The maximum absolute atomic E-state index is 10.9. The Morgan fingerprint density at radius 2 is 2.33 bits per heavy atom. The minimum atomic E-state index is 0.0219. The highest BCUT2D eigenvalue weighted by atomic mass is 31.0. The molecule has 4 heteroatoms. The first kappa shape index (κ1) is 13.1. The van der Waals surface area contributed by atoms with Gasteiger partial charge in [-0.25, -0.2) is 0 Å². The van der Waals surface area contributed by atoms with E-state index < -0.39 is 0 Å². The van der Waals surface area contributed by atoms with E-state index in [4.69, 9.17) is 4.52 Å². The van der Waals surface area contributed by atoms with Crippen LogP contribution in [0.5, 0.6) is 5.75 Å². The van der Waals surface area contributed by atoms with Crippen LogP contribution in [0.2, 0.25) is 0 Å². The molecule has 18 heavy (non-hydrogen) atoms. The number of amides is 1. The maximum atomic E-state index is 10.9. The second kappa shape index (κ2) is 6.01. The molecule has 0 saturated carbocycles. The van der Waals surface area contributed by atoms with E-state index in [-0.39, 0.29) is 5.91 Å². The zero-order chi connectivity index (χ0) is 13.0. The molecule has 1 N–H and O–H groups in total. The molecule has 0 bridgehead atoms. The van der Waals surface area contributed by atoms with Gasteiger partial charge in [-0.1, -0.05) is 12.1 Å². The Morgan fingerprint density at radius 1 is 1.50 bits per heavy atom. The fraction of sp³-hybridized carbons (Fsp3) is 0.357. The van der Waals surface area contributed by atoms with E-state index in [0.29, 0.717) is 6.54 Å². The minimum Gasteiger partial charge on any atom is -0.480 e. The van der Waals surface area contributed by atoms with Crippen molar-refractivity contribution in [2.75, 3.05) is 6.54 Å². The third-order valence-corrected chi connectivity index (χ3v) is 3.41. The van der Waals surface area contributed by atoms with Crippen molar-refractivity contribution in [1.29, 1.82) is 0 Å². The van der Waals surface area contributed by atoms with Gasteiger partial charge in [0.1, 0.15) is 5.75 Å². The zero-order valence-electron chi connectivity index (χ0n) is 10.5. The monoisotopic (exact) mass is 263 g/mol.